The molecule has 0 saturated heterocycles. The molecular weight excluding hydrogens is 298 g/mol. The van der Waals surface area contributed by atoms with Gasteiger partial charge in [-0.1, -0.05) is 12.1 Å². The van der Waals surface area contributed by atoms with Crippen LogP contribution in [0.2, 0.25) is 0 Å². The normalized spacial score (nSPS) is 10.2. The van der Waals surface area contributed by atoms with Crippen LogP contribution in [-0.2, 0) is 16.6 Å². The van der Waals surface area contributed by atoms with E-state index >= 15 is 0 Å². The van der Waals surface area contributed by atoms with Gasteiger partial charge in [0.25, 0.3) is 5.91 Å². The minimum Gasteiger partial charge on any atom is -0.452 e. The number of rotatable bonds is 5. The van der Waals surface area contributed by atoms with E-state index in [-0.39, 0.29) is 5.56 Å². The maximum Gasteiger partial charge on any atom is 0.338 e. The number of hydrogen-bond donors (Lipinski definition) is 1. The number of ether oxygens (including phenoxy) is 1. The summed E-state index contributed by atoms with van der Waals surface area (Å²) in [5.41, 5.74) is 2.85. The van der Waals surface area contributed by atoms with Gasteiger partial charge < -0.3 is 10.1 Å². The first-order valence-corrected chi connectivity index (χ1v) is 6.94. The monoisotopic (exact) mass is 315 g/mol. The maximum absolute atomic E-state index is 11.9. The highest BCUT2D eigenvalue weighted by Crippen LogP contribution is 2.18. The molecule has 0 fully saturated rings. The summed E-state index contributed by atoms with van der Waals surface area (Å²) >= 11 is 0. The van der Waals surface area contributed by atoms with Crippen LogP contribution in [0.25, 0.3) is 0 Å². The Morgan fingerprint density at radius 2 is 1.91 bits per heavy atom. The average molecular weight is 315 g/mol. The minimum absolute atomic E-state index is 0.275. The van der Waals surface area contributed by atoms with E-state index < -0.39 is 18.5 Å². The van der Waals surface area contributed by atoms with Crippen LogP contribution in [-0.4, -0.2) is 34.6 Å². The van der Waals surface area contributed by atoms with E-state index in [2.05, 4.69) is 10.4 Å². The van der Waals surface area contributed by atoms with Gasteiger partial charge in [0, 0.05) is 12.6 Å². The number of carbonyl (C=O) groups is 3. The number of aromatic nitrogens is 2. The number of esters is 1. The molecule has 0 unspecified atom stereocenters. The molecule has 0 radical (unpaired) electrons. The summed E-state index contributed by atoms with van der Waals surface area (Å²) in [6.45, 7) is 3.21. The molecule has 1 N–H and O–H groups in total. The third kappa shape index (κ3) is 3.82. The Labute approximate surface area is 133 Å². The Hall–Kier alpha value is -2.96. The van der Waals surface area contributed by atoms with Crippen molar-refractivity contribution in [2.45, 2.75) is 13.8 Å². The molecule has 2 aromatic rings. The molecule has 23 heavy (non-hydrogen) atoms. The van der Waals surface area contributed by atoms with Crippen molar-refractivity contribution in [1.29, 1.82) is 0 Å². The largest absolute Gasteiger partial charge is 0.452 e. The summed E-state index contributed by atoms with van der Waals surface area (Å²) in [6, 6.07) is 5.96. The molecule has 1 aromatic carbocycles. The van der Waals surface area contributed by atoms with E-state index in [1.54, 1.807) is 18.7 Å². The van der Waals surface area contributed by atoms with Crippen LogP contribution in [0.3, 0.4) is 0 Å². The second-order valence-electron chi connectivity index (χ2n) is 5.03. The topological polar surface area (TPSA) is 90.3 Å². The lowest BCUT2D eigenvalue weighted by Crippen LogP contribution is -2.21. The molecule has 2 rings (SSSR count). The Kier molecular flexibility index (Phi) is 4.90. The van der Waals surface area contributed by atoms with Crippen molar-refractivity contribution in [3.63, 3.8) is 0 Å². The first-order chi connectivity index (χ1) is 10.9. The van der Waals surface area contributed by atoms with Crippen LogP contribution in [0.15, 0.2) is 24.3 Å². The predicted molar refractivity (Wildman–Crippen MR) is 83.4 cm³/mol. The van der Waals surface area contributed by atoms with Crippen LogP contribution in [0, 0.1) is 13.8 Å². The summed E-state index contributed by atoms with van der Waals surface area (Å²) in [5.74, 6) is -1.07. The number of aryl methyl sites for hydroxylation is 2. The molecular formula is C16H17N3O4. The van der Waals surface area contributed by atoms with Gasteiger partial charge in [-0.3, -0.25) is 14.3 Å². The Bertz CT molecular complexity index is 747. The molecule has 0 aliphatic heterocycles. The predicted octanol–water partition coefficient (Wildman–Crippen LogP) is 1.64. The molecule has 0 aliphatic carbocycles. The standard InChI is InChI=1S/C16H17N3O4/c1-10-15(11(2)19(3)18-10)17-14(21)9-23-16(22)13-6-4-12(8-20)5-7-13/h4-8H,9H2,1-3H3,(H,17,21). The second kappa shape index (κ2) is 6.87. The van der Waals surface area contributed by atoms with Gasteiger partial charge in [0.2, 0.25) is 0 Å². The zero-order valence-corrected chi connectivity index (χ0v) is 13.1. The quantitative estimate of drug-likeness (QED) is 0.669. The lowest BCUT2D eigenvalue weighted by Gasteiger charge is -2.07. The van der Waals surface area contributed by atoms with E-state index in [4.69, 9.17) is 4.74 Å². The van der Waals surface area contributed by atoms with Gasteiger partial charge >= 0.3 is 5.97 Å². The number of amides is 1. The number of hydrogen-bond acceptors (Lipinski definition) is 5. The molecule has 1 aromatic heterocycles. The molecule has 0 spiro atoms. The molecule has 7 nitrogen and oxygen atoms in total. The van der Waals surface area contributed by atoms with E-state index in [0.29, 0.717) is 23.2 Å². The fourth-order valence-corrected chi connectivity index (χ4v) is 2.04. The van der Waals surface area contributed by atoms with Crippen LogP contribution < -0.4 is 5.32 Å². The van der Waals surface area contributed by atoms with Gasteiger partial charge in [-0.15, -0.1) is 0 Å². The molecule has 120 valence electrons. The summed E-state index contributed by atoms with van der Waals surface area (Å²) in [5, 5.41) is 6.87. The fourth-order valence-electron chi connectivity index (χ4n) is 2.04. The number of anilines is 1. The summed E-state index contributed by atoms with van der Waals surface area (Å²) < 4.78 is 6.61. The highest BCUT2D eigenvalue weighted by atomic mass is 16.5. The third-order valence-corrected chi connectivity index (χ3v) is 3.39. The third-order valence-electron chi connectivity index (χ3n) is 3.39. The number of carbonyl (C=O) groups excluding carboxylic acids is 3. The van der Waals surface area contributed by atoms with Crippen LogP contribution >= 0.6 is 0 Å². The van der Waals surface area contributed by atoms with E-state index in [1.807, 2.05) is 6.92 Å². The van der Waals surface area contributed by atoms with Crippen molar-refractivity contribution in [2.75, 3.05) is 11.9 Å². The van der Waals surface area contributed by atoms with E-state index in [1.165, 1.54) is 24.3 Å². The van der Waals surface area contributed by atoms with Gasteiger partial charge in [-0.05, 0) is 26.0 Å². The average Bonchev–Trinajstić information content (AvgIpc) is 2.79. The van der Waals surface area contributed by atoms with Crippen LogP contribution in [0.4, 0.5) is 5.69 Å². The number of aldehydes is 1. The second-order valence-corrected chi connectivity index (χ2v) is 5.03. The summed E-state index contributed by atoms with van der Waals surface area (Å²) in [4.78, 5) is 34.3. The lowest BCUT2D eigenvalue weighted by atomic mass is 10.1. The van der Waals surface area contributed by atoms with Crippen molar-refractivity contribution in [3.8, 4) is 0 Å². The zero-order valence-electron chi connectivity index (χ0n) is 13.1. The van der Waals surface area contributed by atoms with Crippen molar-refractivity contribution < 1.29 is 19.1 Å². The summed E-state index contributed by atoms with van der Waals surface area (Å²) in [6.07, 6.45) is 0.682. The molecule has 1 amide bonds. The van der Waals surface area contributed by atoms with Gasteiger partial charge in [0.05, 0.1) is 22.6 Å². The first-order valence-electron chi connectivity index (χ1n) is 6.94. The highest BCUT2D eigenvalue weighted by molar-refractivity contribution is 5.96. The maximum atomic E-state index is 11.9. The lowest BCUT2D eigenvalue weighted by molar-refractivity contribution is -0.119. The molecule has 0 atom stereocenters. The molecule has 7 heteroatoms. The highest BCUT2D eigenvalue weighted by Gasteiger charge is 2.14. The SMILES string of the molecule is Cc1nn(C)c(C)c1NC(=O)COC(=O)c1ccc(C=O)cc1. The Balaban J connectivity index is 1.93. The smallest absolute Gasteiger partial charge is 0.338 e. The number of benzene rings is 1. The van der Waals surface area contributed by atoms with Crippen molar-refractivity contribution in [3.05, 3.63) is 46.8 Å². The van der Waals surface area contributed by atoms with Gasteiger partial charge in [-0.2, -0.15) is 5.10 Å². The van der Waals surface area contributed by atoms with Crippen molar-refractivity contribution in [1.82, 2.24) is 9.78 Å². The first kappa shape index (κ1) is 16.4. The minimum atomic E-state index is -0.628. The Morgan fingerprint density at radius 3 is 2.43 bits per heavy atom. The Morgan fingerprint density at radius 1 is 1.26 bits per heavy atom. The van der Waals surface area contributed by atoms with Crippen molar-refractivity contribution >= 4 is 23.9 Å². The van der Waals surface area contributed by atoms with E-state index in [9.17, 15) is 14.4 Å². The fraction of sp³-hybridized carbons (Fsp3) is 0.250. The zero-order chi connectivity index (χ0) is 17.0. The van der Waals surface area contributed by atoms with Gasteiger partial charge in [0.15, 0.2) is 6.61 Å². The number of nitrogens with one attached hydrogen (secondary N) is 1. The number of nitrogens with zero attached hydrogens (tertiary/aromatic N) is 2. The molecule has 0 aliphatic rings. The van der Waals surface area contributed by atoms with Crippen LogP contribution in [0.5, 0.6) is 0 Å². The van der Waals surface area contributed by atoms with Gasteiger partial charge in [-0.25, -0.2) is 4.79 Å². The molecule has 0 bridgehead atoms. The van der Waals surface area contributed by atoms with Crippen molar-refractivity contribution in [2.24, 2.45) is 7.05 Å². The van der Waals surface area contributed by atoms with Gasteiger partial charge in [0.1, 0.15) is 6.29 Å². The van der Waals surface area contributed by atoms with Crippen LogP contribution in [0.1, 0.15) is 32.1 Å². The van der Waals surface area contributed by atoms with E-state index in [0.717, 1.165) is 5.69 Å². The molecule has 0 saturated carbocycles. The summed E-state index contributed by atoms with van der Waals surface area (Å²) in [7, 11) is 1.78. The molecule has 1 heterocycles.